The van der Waals surface area contributed by atoms with E-state index in [0.717, 1.165) is 19.4 Å². The third-order valence-corrected chi connectivity index (χ3v) is 3.70. The fourth-order valence-corrected chi connectivity index (χ4v) is 2.44. The monoisotopic (exact) mass is 285 g/mol. The first-order chi connectivity index (χ1) is 10.1. The Hall–Kier alpha value is -2.35. The molecule has 1 aromatic carbocycles. The largest absolute Gasteiger partial charge is 0.342 e. The van der Waals surface area contributed by atoms with Crippen molar-refractivity contribution in [3.05, 3.63) is 29.8 Å². The normalized spacial score (nSPS) is 18.2. The Bertz CT molecular complexity index is 560. The first kappa shape index (κ1) is 15.0. The van der Waals surface area contributed by atoms with Crippen molar-refractivity contribution in [3.8, 4) is 6.07 Å². The maximum Gasteiger partial charge on any atom is 0.226 e. The summed E-state index contributed by atoms with van der Waals surface area (Å²) < 4.78 is 0. The summed E-state index contributed by atoms with van der Waals surface area (Å²) >= 11 is 0. The highest BCUT2D eigenvalue weighted by molar-refractivity contribution is 5.91. The van der Waals surface area contributed by atoms with Gasteiger partial charge in [0.1, 0.15) is 0 Å². The number of amides is 2. The third kappa shape index (κ3) is 4.06. The molecule has 5 nitrogen and oxygen atoms in total. The highest BCUT2D eigenvalue weighted by Crippen LogP contribution is 2.17. The summed E-state index contributed by atoms with van der Waals surface area (Å²) in [5.41, 5.74) is 1.22. The lowest BCUT2D eigenvalue weighted by molar-refractivity contribution is -0.138. The molecule has 2 rings (SSSR count). The molecule has 1 aromatic rings. The fourth-order valence-electron chi connectivity index (χ4n) is 2.44. The van der Waals surface area contributed by atoms with Crippen molar-refractivity contribution in [2.45, 2.75) is 26.2 Å². The minimum Gasteiger partial charge on any atom is -0.342 e. The molecule has 1 fully saturated rings. The second-order valence-corrected chi connectivity index (χ2v) is 5.36. The molecule has 1 aliphatic rings. The van der Waals surface area contributed by atoms with Gasteiger partial charge in [-0.05, 0) is 37.1 Å². The van der Waals surface area contributed by atoms with E-state index in [9.17, 15) is 9.59 Å². The van der Waals surface area contributed by atoms with Crippen LogP contribution in [0.1, 0.15) is 31.7 Å². The lowest BCUT2D eigenvalue weighted by Gasteiger charge is -2.30. The van der Waals surface area contributed by atoms with Gasteiger partial charge < -0.3 is 10.2 Å². The zero-order valence-electron chi connectivity index (χ0n) is 12.1. The summed E-state index contributed by atoms with van der Waals surface area (Å²) in [5.74, 6) is 0.0958. The van der Waals surface area contributed by atoms with E-state index < -0.39 is 0 Å². The van der Waals surface area contributed by atoms with Crippen LogP contribution in [-0.2, 0) is 9.59 Å². The Morgan fingerprint density at radius 2 is 2.14 bits per heavy atom. The van der Waals surface area contributed by atoms with Gasteiger partial charge >= 0.3 is 0 Å². The van der Waals surface area contributed by atoms with E-state index in [4.69, 9.17) is 5.26 Å². The van der Waals surface area contributed by atoms with Crippen LogP contribution in [0.3, 0.4) is 0 Å². The molecule has 5 heteroatoms. The number of nitriles is 1. The zero-order valence-corrected chi connectivity index (χ0v) is 12.1. The van der Waals surface area contributed by atoms with Crippen LogP contribution in [0.2, 0.25) is 0 Å². The molecular formula is C16H19N3O2. The molecule has 0 saturated carbocycles. The number of nitrogens with zero attached hydrogens (tertiary/aromatic N) is 2. The average molecular weight is 285 g/mol. The van der Waals surface area contributed by atoms with E-state index in [-0.39, 0.29) is 17.7 Å². The molecule has 110 valence electrons. The molecule has 1 N–H and O–H groups in total. The number of hydrogen-bond acceptors (Lipinski definition) is 3. The van der Waals surface area contributed by atoms with E-state index in [1.54, 1.807) is 29.2 Å². The quantitative estimate of drug-likeness (QED) is 0.921. The van der Waals surface area contributed by atoms with Crippen molar-refractivity contribution >= 4 is 17.5 Å². The maximum absolute atomic E-state index is 11.9. The van der Waals surface area contributed by atoms with E-state index in [2.05, 4.69) is 5.32 Å². The van der Waals surface area contributed by atoms with Gasteiger partial charge in [0.2, 0.25) is 11.8 Å². The molecule has 1 heterocycles. The highest BCUT2D eigenvalue weighted by Gasteiger charge is 2.25. The molecule has 0 aliphatic carbocycles. The van der Waals surface area contributed by atoms with E-state index in [1.807, 2.05) is 13.0 Å². The van der Waals surface area contributed by atoms with Gasteiger partial charge in [0, 0.05) is 31.1 Å². The van der Waals surface area contributed by atoms with Crippen LogP contribution < -0.4 is 5.32 Å². The first-order valence-electron chi connectivity index (χ1n) is 7.19. The molecule has 21 heavy (non-hydrogen) atoms. The molecule has 0 spiro atoms. The van der Waals surface area contributed by atoms with Crippen LogP contribution in [0.5, 0.6) is 0 Å². The van der Waals surface area contributed by atoms with Crippen LogP contribution in [0.15, 0.2) is 24.3 Å². The first-order valence-corrected chi connectivity index (χ1v) is 7.19. The topological polar surface area (TPSA) is 73.2 Å². The number of rotatable bonds is 4. The number of likely N-dealkylation sites (tertiary alicyclic amines) is 1. The van der Waals surface area contributed by atoms with Gasteiger partial charge in [0.25, 0.3) is 0 Å². The van der Waals surface area contributed by atoms with E-state index >= 15 is 0 Å². The summed E-state index contributed by atoms with van der Waals surface area (Å²) in [4.78, 5) is 25.6. The molecule has 0 aromatic heterocycles. The number of hydrogen-bond donors (Lipinski definition) is 1. The predicted molar refractivity (Wildman–Crippen MR) is 79.4 cm³/mol. The smallest absolute Gasteiger partial charge is 0.226 e. The molecule has 1 unspecified atom stereocenters. The van der Waals surface area contributed by atoms with Crippen LogP contribution in [0.4, 0.5) is 5.69 Å². The summed E-state index contributed by atoms with van der Waals surface area (Å²) in [7, 11) is 0. The Labute approximate surface area is 124 Å². The van der Waals surface area contributed by atoms with Crippen molar-refractivity contribution in [1.29, 1.82) is 5.26 Å². The minimum absolute atomic E-state index is 0.0698. The van der Waals surface area contributed by atoms with Gasteiger partial charge in [-0.2, -0.15) is 5.26 Å². The summed E-state index contributed by atoms with van der Waals surface area (Å²) in [5, 5.41) is 11.5. The lowest BCUT2D eigenvalue weighted by Crippen LogP contribution is -2.41. The van der Waals surface area contributed by atoms with Crippen LogP contribution in [0, 0.1) is 17.2 Å². The lowest BCUT2D eigenvalue weighted by atomic mass is 9.99. The summed E-state index contributed by atoms with van der Waals surface area (Å²) in [6.07, 6.45) is 2.23. The average Bonchev–Trinajstić information content (AvgIpc) is 2.49. The zero-order chi connectivity index (χ0) is 15.2. The van der Waals surface area contributed by atoms with Gasteiger partial charge in [-0.15, -0.1) is 0 Å². The van der Waals surface area contributed by atoms with Gasteiger partial charge in [0.05, 0.1) is 11.6 Å². The molecule has 0 bridgehead atoms. The number of anilines is 1. The summed E-state index contributed by atoms with van der Waals surface area (Å²) in [6, 6.07) is 8.74. The second-order valence-electron chi connectivity index (χ2n) is 5.36. The molecule has 2 amide bonds. The van der Waals surface area contributed by atoms with Crippen LogP contribution in [0.25, 0.3) is 0 Å². The van der Waals surface area contributed by atoms with Gasteiger partial charge in [0.15, 0.2) is 0 Å². The van der Waals surface area contributed by atoms with Crippen molar-refractivity contribution in [2.75, 3.05) is 18.4 Å². The number of nitrogens with one attached hydrogen (secondary N) is 1. The molecular weight excluding hydrogens is 266 g/mol. The van der Waals surface area contributed by atoms with Gasteiger partial charge in [-0.25, -0.2) is 0 Å². The van der Waals surface area contributed by atoms with Gasteiger partial charge in [-0.3, -0.25) is 9.59 Å². The van der Waals surface area contributed by atoms with Crippen molar-refractivity contribution in [1.82, 2.24) is 4.90 Å². The van der Waals surface area contributed by atoms with E-state index in [1.165, 1.54) is 0 Å². The number of carbonyl (C=O) groups is 2. The van der Waals surface area contributed by atoms with Crippen molar-refractivity contribution in [2.24, 2.45) is 5.92 Å². The third-order valence-electron chi connectivity index (χ3n) is 3.70. The SMILES string of the molecule is CC1CCCN(CCC(=O)Nc2ccc(C#N)cc2)C1=O. The van der Waals surface area contributed by atoms with Crippen LogP contribution in [-0.4, -0.2) is 29.8 Å². The number of carbonyl (C=O) groups excluding carboxylic acids is 2. The molecule has 0 radical (unpaired) electrons. The predicted octanol–water partition coefficient (Wildman–Crippen LogP) is 2.15. The van der Waals surface area contributed by atoms with Gasteiger partial charge in [-0.1, -0.05) is 6.92 Å². The minimum atomic E-state index is -0.120. The van der Waals surface area contributed by atoms with Crippen molar-refractivity contribution in [3.63, 3.8) is 0 Å². The van der Waals surface area contributed by atoms with Crippen LogP contribution >= 0.6 is 0 Å². The number of piperidine rings is 1. The maximum atomic E-state index is 11.9. The highest BCUT2D eigenvalue weighted by atomic mass is 16.2. The standard InChI is InChI=1S/C16H19N3O2/c1-12-3-2-9-19(16(12)21)10-8-15(20)18-14-6-4-13(11-17)5-7-14/h4-7,12H,2-3,8-10H2,1H3,(H,18,20). The Morgan fingerprint density at radius 1 is 1.43 bits per heavy atom. The molecule has 1 saturated heterocycles. The number of benzene rings is 1. The fraction of sp³-hybridized carbons (Fsp3) is 0.438. The second kappa shape index (κ2) is 6.89. The Kier molecular flexibility index (Phi) is 4.94. The summed E-state index contributed by atoms with van der Waals surface area (Å²) in [6.45, 7) is 3.14. The molecule has 1 aliphatic heterocycles. The Balaban J connectivity index is 1.81. The molecule has 1 atom stereocenters. The Morgan fingerprint density at radius 3 is 2.81 bits per heavy atom. The van der Waals surface area contributed by atoms with Crippen molar-refractivity contribution < 1.29 is 9.59 Å². The van der Waals surface area contributed by atoms with E-state index in [0.29, 0.717) is 24.2 Å².